The number of benzene rings is 3. The van der Waals surface area contributed by atoms with Gasteiger partial charge in [-0.3, -0.25) is 9.59 Å². The molecule has 0 radical (unpaired) electrons. The Bertz CT molecular complexity index is 1440. The summed E-state index contributed by atoms with van der Waals surface area (Å²) in [6, 6.07) is 21.4. The van der Waals surface area contributed by atoms with Crippen molar-refractivity contribution in [2.75, 3.05) is 24.7 Å². The van der Waals surface area contributed by atoms with Crippen molar-refractivity contribution in [2.24, 2.45) is 0 Å². The summed E-state index contributed by atoms with van der Waals surface area (Å²) in [7, 11) is 0. The summed E-state index contributed by atoms with van der Waals surface area (Å²) in [6.07, 6.45) is 0.442. The van der Waals surface area contributed by atoms with Gasteiger partial charge in [0.2, 0.25) is 5.91 Å². The molecule has 212 valence electrons. The Kier molecular flexibility index (Phi) is 8.11. The molecule has 0 aliphatic carbocycles. The first-order valence-electron chi connectivity index (χ1n) is 13.2. The van der Waals surface area contributed by atoms with Crippen LogP contribution in [-0.4, -0.2) is 65.2 Å². The van der Waals surface area contributed by atoms with Gasteiger partial charge < -0.3 is 30.3 Å². The fraction of sp³-hybridized carbons (Fsp3) is 0.267. The molecule has 11 heteroatoms. The molecule has 3 aromatic rings. The molecule has 0 aromatic heterocycles. The normalized spacial score (nSPS) is 16.7. The number of carboxylic acid groups (broad SMARTS) is 1. The fourth-order valence-electron chi connectivity index (χ4n) is 5.27. The van der Waals surface area contributed by atoms with Crippen molar-refractivity contribution in [3.8, 4) is 5.75 Å². The van der Waals surface area contributed by atoms with Crippen molar-refractivity contribution in [3.05, 3.63) is 95.0 Å². The van der Waals surface area contributed by atoms with Gasteiger partial charge in [0.1, 0.15) is 17.3 Å². The van der Waals surface area contributed by atoms with Crippen LogP contribution in [0, 0.1) is 0 Å². The van der Waals surface area contributed by atoms with Crippen LogP contribution < -0.4 is 20.3 Å². The number of nitrogens with one attached hydrogen (secondary N) is 2. The molecule has 3 aromatic carbocycles. The van der Waals surface area contributed by atoms with Gasteiger partial charge in [0.15, 0.2) is 0 Å². The Balaban J connectivity index is 1.17. The number of carbonyl (C=O) groups is 4. The quantitative estimate of drug-likeness (QED) is 0.391. The first kappa shape index (κ1) is 28.0. The maximum absolute atomic E-state index is 12.9. The molecule has 2 heterocycles. The van der Waals surface area contributed by atoms with Gasteiger partial charge in [0.25, 0.3) is 5.91 Å². The standard InChI is InChI=1S/C30H29ClN4O6/c31-24-9-5-4-8-23(24)26(36)33-25(27(37)38)18-20-10-12-22(13-11-20)41-29(40)34-16-14-30(15-17-34)28(39)32-19-35(30)21-6-2-1-3-7-21/h1-13,25H,14-19H2,(H,32,39)(H,33,36)(H,37,38). The summed E-state index contributed by atoms with van der Waals surface area (Å²) in [5, 5.41) is 15.3. The molecule has 5 rings (SSSR count). The third-order valence-corrected chi connectivity index (χ3v) is 7.87. The number of hydrogen-bond acceptors (Lipinski definition) is 6. The van der Waals surface area contributed by atoms with E-state index in [0.29, 0.717) is 43.9 Å². The fourth-order valence-corrected chi connectivity index (χ4v) is 5.49. The molecule has 0 bridgehead atoms. The van der Waals surface area contributed by atoms with E-state index in [4.69, 9.17) is 16.3 Å². The van der Waals surface area contributed by atoms with Crippen LogP contribution in [0.2, 0.25) is 5.02 Å². The number of ether oxygens (including phenoxy) is 1. The smallest absolute Gasteiger partial charge is 0.415 e. The van der Waals surface area contributed by atoms with Gasteiger partial charge in [-0.25, -0.2) is 9.59 Å². The molecule has 2 fully saturated rings. The summed E-state index contributed by atoms with van der Waals surface area (Å²) in [5.74, 6) is -1.51. The second-order valence-electron chi connectivity index (χ2n) is 10.0. The predicted octanol–water partition coefficient (Wildman–Crippen LogP) is 3.69. The topological polar surface area (TPSA) is 128 Å². The number of para-hydroxylation sites is 1. The van der Waals surface area contributed by atoms with Crippen molar-refractivity contribution in [2.45, 2.75) is 30.8 Å². The molecule has 41 heavy (non-hydrogen) atoms. The average Bonchev–Trinajstić information content (AvgIpc) is 3.29. The van der Waals surface area contributed by atoms with E-state index >= 15 is 0 Å². The zero-order valence-corrected chi connectivity index (χ0v) is 22.8. The number of hydrogen-bond donors (Lipinski definition) is 3. The molecular weight excluding hydrogens is 548 g/mol. The Morgan fingerprint density at radius 1 is 0.976 bits per heavy atom. The van der Waals surface area contributed by atoms with Gasteiger partial charge in [-0.15, -0.1) is 0 Å². The van der Waals surface area contributed by atoms with Crippen molar-refractivity contribution in [1.82, 2.24) is 15.5 Å². The first-order valence-corrected chi connectivity index (χ1v) is 13.6. The van der Waals surface area contributed by atoms with Gasteiger partial charge in [-0.05, 0) is 54.8 Å². The summed E-state index contributed by atoms with van der Waals surface area (Å²) < 4.78 is 5.56. The minimum atomic E-state index is -1.19. The lowest BCUT2D eigenvalue weighted by Crippen LogP contribution is -2.57. The third-order valence-electron chi connectivity index (χ3n) is 7.54. The number of amides is 3. The lowest BCUT2D eigenvalue weighted by Gasteiger charge is -2.42. The highest BCUT2D eigenvalue weighted by Gasteiger charge is 2.51. The highest BCUT2D eigenvalue weighted by atomic mass is 35.5. The molecule has 2 aliphatic rings. The van der Waals surface area contributed by atoms with E-state index in [1.807, 2.05) is 30.3 Å². The van der Waals surface area contributed by atoms with E-state index in [2.05, 4.69) is 15.5 Å². The van der Waals surface area contributed by atoms with Crippen molar-refractivity contribution in [3.63, 3.8) is 0 Å². The molecule has 3 N–H and O–H groups in total. The number of carbonyl (C=O) groups excluding carboxylic acids is 3. The second-order valence-corrected chi connectivity index (χ2v) is 10.4. The molecule has 1 unspecified atom stereocenters. The molecule has 0 saturated carbocycles. The van der Waals surface area contributed by atoms with E-state index in [9.17, 15) is 24.3 Å². The maximum Gasteiger partial charge on any atom is 0.415 e. The van der Waals surface area contributed by atoms with Crippen LogP contribution in [0.25, 0.3) is 0 Å². The summed E-state index contributed by atoms with van der Waals surface area (Å²) in [6.45, 7) is 1.14. The largest absolute Gasteiger partial charge is 0.480 e. The monoisotopic (exact) mass is 576 g/mol. The van der Waals surface area contributed by atoms with Crippen LogP contribution in [0.5, 0.6) is 5.75 Å². The zero-order valence-electron chi connectivity index (χ0n) is 22.1. The van der Waals surface area contributed by atoms with Crippen LogP contribution in [0.1, 0.15) is 28.8 Å². The second kappa shape index (κ2) is 11.9. The third kappa shape index (κ3) is 5.97. The predicted molar refractivity (Wildman–Crippen MR) is 152 cm³/mol. The van der Waals surface area contributed by atoms with E-state index < -0.39 is 29.6 Å². The number of likely N-dealkylation sites (tertiary alicyclic amines) is 1. The highest BCUT2D eigenvalue weighted by molar-refractivity contribution is 6.33. The van der Waals surface area contributed by atoms with Gasteiger partial charge in [0.05, 0.1) is 17.3 Å². The first-order chi connectivity index (χ1) is 19.8. The number of carboxylic acids is 1. The number of aliphatic carboxylic acids is 1. The lowest BCUT2D eigenvalue weighted by molar-refractivity contribution is -0.139. The zero-order chi connectivity index (χ0) is 29.0. The van der Waals surface area contributed by atoms with E-state index in [0.717, 1.165) is 5.69 Å². The summed E-state index contributed by atoms with van der Waals surface area (Å²) in [5.41, 5.74) is 1.06. The van der Waals surface area contributed by atoms with Crippen LogP contribution in [0.15, 0.2) is 78.9 Å². The molecule has 2 saturated heterocycles. The van der Waals surface area contributed by atoms with Crippen LogP contribution in [-0.2, 0) is 16.0 Å². The number of rotatable bonds is 7. The molecule has 2 aliphatic heterocycles. The van der Waals surface area contributed by atoms with Crippen LogP contribution >= 0.6 is 11.6 Å². The van der Waals surface area contributed by atoms with Gasteiger partial charge in [0, 0.05) is 25.2 Å². The number of halogens is 1. The molecular formula is C30H29ClN4O6. The number of nitrogens with zero attached hydrogens (tertiary/aromatic N) is 2. The summed E-state index contributed by atoms with van der Waals surface area (Å²) >= 11 is 6.05. The minimum absolute atomic E-state index is 0.0218. The Labute approximate surface area is 241 Å². The highest BCUT2D eigenvalue weighted by Crippen LogP contribution is 2.36. The van der Waals surface area contributed by atoms with E-state index in [-0.39, 0.29) is 22.9 Å². The average molecular weight is 577 g/mol. The van der Waals surface area contributed by atoms with Gasteiger partial charge in [-0.2, -0.15) is 0 Å². The Morgan fingerprint density at radius 2 is 1.63 bits per heavy atom. The van der Waals surface area contributed by atoms with Crippen molar-refractivity contribution >= 4 is 41.2 Å². The van der Waals surface area contributed by atoms with Gasteiger partial charge in [-0.1, -0.05) is 54.1 Å². The van der Waals surface area contributed by atoms with Gasteiger partial charge >= 0.3 is 12.1 Å². The Hall–Kier alpha value is -4.57. The van der Waals surface area contributed by atoms with E-state index in [1.165, 1.54) is 6.07 Å². The van der Waals surface area contributed by atoms with Crippen LogP contribution in [0.3, 0.4) is 0 Å². The summed E-state index contributed by atoms with van der Waals surface area (Å²) in [4.78, 5) is 53.7. The molecule has 10 nitrogen and oxygen atoms in total. The lowest BCUT2D eigenvalue weighted by atomic mass is 9.86. The number of piperidine rings is 1. The van der Waals surface area contributed by atoms with Crippen molar-refractivity contribution < 1.29 is 29.0 Å². The molecule has 3 amide bonds. The number of anilines is 1. The van der Waals surface area contributed by atoms with Crippen LogP contribution in [0.4, 0.5) is 10.5 Å². The molecule has 1 spiro atoms. The minimum Gasteiger partial charge on any atom is -0.480 e. The SMILES string of the molecule is O=C(NC(Cc1ccc(OC(=O)N2CCC3(CC2)C(=O)NCN3c2ccccc2)cc1)C(=O)O)c1ccccc1Cl. The van der Waals surface area contributed by atoms with E-state index in [1.54, 1.807) is 47.4 Å². The maximum atomic E-state index is 12.9. The van der Waals surface area contributed by atoms with Crippen molar-refractivity contribution in [1.29, 1.82) is 0 Å². The Morgan fingerprint density at radius 3 is 2.29 bits per heavy atom. The molecule has 1 atom stereocenters.